The fourth-order valence-electron chi connectivity index (χ4n) is 2.67. The van der Waals surface area contributed by atoms with Gasteiger partial charge in [0.2, 0.25) is 0 Å². The molecule has 0 atom stereocenters. The number of aryl methyl sites for hydroxylation is 1. The first-order valence-electron chi connectivity index (χ1n) is 6.64. The van der Waals surface area contributed by atoms with Crippen molar-refractivity contribution in [2.24, 2.45) is 5.92 Å². The van der Waals surface area contributed by atoms with E-state index in [1.54, 1.807) is 0 Å². The van der Waals surface area contributed by atoms with E-state index in [4.69, 9.17) is 5.73 Å². The fraction of sp³-hybridized carbons (Fsp3) is 0.400. The van der Waals surface area contributed by atoms with Gasteiger partial charge in [0, 0.05) is 16.1 Å². The molecule has 100 valence electrons. The molecule has 0 aliphatic heterocycles. The van der Waals surface area contributed by atoms with Crippen molar-refractivity contribution < 1.29 is 4.79 Å². The van der Waals surface area contributed by atoms with Crippen LogP contribution in [0.1, 0.15) is 35.0 Å². The number of nitrogens with one attached hydrogen (secondary N) is 1. The Morgan fingerprint density at radius 1 is 1.42 bits per heavy atom. The van der Waals surface area contributed by atoms with Gasteiger partial charge in [0.15, 0.2) is 0 Å². The van der Waals surface area contributed by atoms with Crippen molar-refractivity contribution in [1.29, 1.82) is 0 Å². The van der Waals surface area contributed by atoms with Gasteiger partial charge >= 0.3 is 0 Å². The van der Waals surface area contributed by atoms with Crippen molar-refractivity contribution in [1.82, 2.24) is 5.32 Å². The number of carbonyl (C=O) groups excluding carboxylic acids is 1. The van der Waals surface area contributed by atoms with E-state index in [0.717, 1.165) is 34.4 Å². The summed E-state index contributed by atoms with van der Waals surface area (Å²) in [4.78, 5) is 12.9. The fourth-order valence-corrected chi connectivity index (χ4v) is 3.68. The number of nitrogens with two attached hydrogens (primary N) is 1. The normalized spacial score (nSPS) is 22.2. The number of thiophene rings is 1. The van der Waals surface area contributed by atoms with Gasteiger partial charge in [0.25, 0.3) is 5.91 Å². The summed E-state index contributed by atoms with van der Waals surface area (Å²) in [6.45, 7) is 4.24. The van der Waals surface area contributed by atoms with E-state index in [9.17, 15) is 4.79 Å². The number of amides is 1. The zero-order valence-corrected chi connectivity index (χ0v) is 12.0. The Balaban J connectivity index is 1.87. The Morgan fingerprint density at radius 3 is 2.84 bits per heavy atom. The highest BCUT2D eigenvalue weighted by molar-refractivity contribution is 7.21. The van der Waals surface area contributed by atoms with E-state index in [1.807, 2.05) is 25.1 Å². The second-order valence-electron chi connectivity index (χ2n) is 5.59. The van der Waals surface area contributed by atoms with Gasteiger partial charge in [0.1, 0.15) is 4.88 Å². The maximum Gasteiger partial charge on any atom is 0.263 e. The lowest BCUT2D eigenvalue weighted by atomic mass is 9.82. The lowest BCUT2D eigenvalue weighted by molar-refractivity contribution is 0.0901. The lowest BCUT2D eigenvalue weighted by Gasteiger charge is -2.33. The molecule has 1 aliphatic rings. The summed E-state index contributed by atoms with van der Waals surface area (Å²) in [5.41, 5.74) is 7.90. The van der Waals surface area contributed by atoms with Crippen LogP contribution in [0.25, 0.3) is 10.1 Å². The van der Waals surface area contributed by atoms with Crippen LogP contribution < -0.4 is 11.1 Å². The van der Waals surface area contributed by atoms with Gasteiger partial charge in [-0.3, -0.25) is 4.79 Å². The van der Waals surface area contributed by atoms with E-state index >= 15 is 0 Å². The molecule has 4 heteroatoms. The van der Waals surface area contributed by atoms with E-state index in [1.165, 1.54) is 11.3 Å². The average molecular weight is 274 g/mol. The van der Waals surface area contributed by atoms with Crippen LogP contribution in [0.3, 0.4) is 0 Å². The Kier molecular flexibility index (Phi) is 2.97. The third-order valence-corrected chi connectivity index (χ3v) is 4.98. The summed E-state index contributed by atoms with van der Waals surface area (Å²) in [6, 6.07) is 6.46. The Morgan fingerprint density at radius 2 is 2.16 bits per heavy atom. The molecule has 1 amide bonds. The van der Waals surface area contributed by atoms with Crippen LogP contribution in [0, 0.1) is 12.8 Å². The standard InChI is InChI=1S/C15H18N2OS/c1-8-3-4-12-11(7-8)13(16)14(19-12)15(18)17-10-5-9(2)6-10/h3-4,7,9-10H,5-6,16H2,1-2H3,(H,17,18). The van der Waals surface area contributed by atoms with Crippen molar-refractivity contribution in [2.75, 3.05) is 5.73 Å². The third-order valence-electron chi connectivity index (χ3n) is 3.80. The number of anilines is 1. The number of benzene rings is 1. The highest BCUT2D eigenvalue weighted by atomic mass is 32.1. The lowest BCUT2D eigenvalue weighted by Crippen LogP contribution is -2.43. The topological polar surface area (TPSA) is 55.1 Å². The Bertz CT molecular complexity index is 641. The van der Waals surface area contributed by atoms with Crippen LogP contribution in [-0.4, -0.2) is 11.9 Å². The molecule has 0 bridgehead atoms. The molecule has 1 heterocycles. The Hall–Kier alpha value is -1.55. The van der Waals surface area contributed by atoms with Gasteiger partial charge in [-0.05, 0) is 37.8 Å². The number of fused-ring (bicyclic) bond motifs is 1. The molecular formula is C15H18N2OS. The van der Waals surface area contributed by atoms with E-state index in [-0.39, 0.29) is 5.91 Å². The predicted octanol–water partition coefficient (Wildman–Crippen LogP) is 3.32. The molecule has 3 N–H and O–H groups in total. The Labute approximate surface area is 116 Å². The minimum atomic E-state index is -0.0201. The molecule has 19 heavy (non-hydrogen) atoms. The third kappa shape index (κ3) is 2.21. The molecule has 1 aromatic heterocycles. The molecule has 1 aliphatic carbocycles. The molecule has 3 nitrogen and oxygen atoms in total. The molecule has 1 aromatic carbocycles. The first kappa shape index (κ1) is 12.5. The second-order valence-corrected chi connectivity index (χ2v) is 6.64. The van der Waals surface area contributed by atoms with Crippen molar-refractivity contribution in [3.05, 3.63) is 28.6 Å². The van der Waals surface area contributed by atoms with Crippen molar-refractivity contribution >= 4 is 33.0 Å². The number of carbonyl (C=O) groups is 1. The van der Waals surface area contributed by atoms with Crippen LogP contribution in [-0.2, 0) is 0 Å². The smallest absolute Gasteiger partial charge is 0.263 e. The summed E-state index contributed by atoms with van der Waals surface area (Å²) in [5, 5.41) is 4.07. The number of nitrogen functional groups attached to an aromatic ring is 1. The first-order chi connectivity index (χ1) is 9.04. The summed E-state index contributed by atoms with van der Waals surface area (Å²) in [6.07, 6.45) is 2.16. The summed E-state index contributed by atoms with van der Waals surface area (Å²) in [7, 11) is 0. The minimum Gasteiger partial charge on any atom is -0.397 e. The van der Waals surface area contributed by atoms with Gasteiger partial charge in [-0.15, -0.1) is 11.3 Å². The van der Waals surface area contributed by atoms with Crippen LogP contribution >= 0.6 is 11.3 Å². The van der Waals surface area contributed by atoms with Crippen LogP contribution in [0.4, 0.5) is 5.69 Å². The van der Waals surface area contributed by atoms with Crippen molar-refractivity contribution in [3.8, 4) is 0 Å². The molecule has 0 spiro atoms. The predicted molar refractivity (Wildman–Crippen MR) is 80.6 cm³/mol. The van der Waals surface area contributed by atoms with E-state index < -0.39 is 0 Å². The van der Waals surface area contributed by atoms with Crippen LogP contribution in [0.5, 0.6) is 0 Å². The van der Waals surface area contributed by atoms with Gasteiger partial charge in [0.05, 0.1) is 5.69 Å². The molecule has 0 radical (unpaired) electrons. The number of rotatable bonds is 2. The molecule has 0 saturated heterocycles. The van der Waals surface area contributed by atoms with Crippen LogP contribution in [0.2, 0.25) is 0 Å². The van der Waals surface area contributed by atoms with Gasteiger partial charge in [-0.25, -0.2) is 0 Å². The second kappa shape index (κ2) is 4.53. The molecule has 1 fully saturated rings. The highest BCUT2D eigenvalue weighted by Gasteiger charge is 2.28. The summed E-state index contributed by atoms with van der Waals surface area (Å²) >= 11 is 1.48. The summed E-state index contributed by atoms with van der Waals surface area (Å²) in [5.74, 6) is 0.709. The maximum atomic E-state index is 12.2. The minimum absolute atomic E-state index is 0.0201. The number of hydrogen-bond acceptors (Lipinski definition) is 3. The molecule has 3 rings (SSSR count). The SMILES string of the molecule is Cc1ccc2sc(C(=O)NC3CC(C)C3)c(N)c2c1. The van der Waals surface area contributed by atoms with E-state index in [2.05, 4.69) is 12.2 Å². The maximum absolute atomic E-state index is 12.2. The van der Waals surface area contributed by atoms with Crippen molar-refractivity contribution in [3.63, 3.8) is 0 Å². The monoisotopic (exact) mass is 274 g/mol. The van der Waals surface area contributed by atoms with Crippen LogP contribution in [0.15, 0.2) is 18.2 Å². The zero-order chi connectivity index (χ0) is 13.6. The van der Waals surface area contributed by atoms with Gasteiger partial charge < -0.3 is 11.1 Å². The molecule has 0 unspecified atom stereocenters. The van der Waals surface area contributed by atoms with Gasteiger partial charge in [-0.1, -0.05) is 18.6 Å². The number of hydrogen-bond donors (Lipinski definition) is 2. The van der Waals surface area contributed by atoms with Crippen molar-refractivity contribution in [2.45, 2.75) is 32.7 Å². The van der Waals surface area contributed by atoms with E-state index in [0.29, 0.717) is 16.6 Å². The highest BCUT2D eigenvalue weighted by Crippen LogP contribution is 2.35. The zero-order valence-electron chi connectivity index (χ0n) is 11.2. The first-order valence-corrected chi connectivity index (χ1v) is 7.45. The quantitative estimate of drug-likeness (QED) is 0.882. The molecule has 1 saturated carbocycles. The molecule has 2 aromatic rings. The summed E-state index contributed by atoms with van der Waals surface area (Å²) < 4.78 is 1.08. The average Bonchev–Trinajstić information content (AvgIpc) is 2.65. The molecular weight excluding hydrogens is 256 g/mol. The largest absolute Gasteiger partial charge is 0.397 e. The van der Waals surface area contributed by atoms with Gasteiger partial charge in [-0.2, -0.15) is 0 Å².